The zero-order valence-electron chi connectivity index (χ0n) is 14.4. The Balaban J connectivity index is 1.74. The minimum Gasteiger partial charge on any atom is -0.325 e. The van der Waals surface area contributed by atoms with Crippen LogP contribution in [0, 0.1) is 5.92 Å². The van der Waals surface area contributed by atoms with E-state index in [0.717, 1.165) is 25.2 Å². The van der Waals surface area contributed by atoms with E-state index in [2.05, 4.69) is 24.1 Å². The summed E-state index contributed by atoms with van der Waals surface area (Å²) in [6.45, 7) is 7.22. The number of carbonyl (C=O) groups is 1. The number of fused-ring (bicyclic) bond motifs is 2. The summed E-state index contributed by atoms with van der Waals surface area (Å²) >= 11 is 0. The standard InChI is InChI=1S/C19H26F2N2O/c1-3-13(2)6-9-23-10-7-19(8-11-23)15-12-14(17(20)21)4-5-16(15)22-18(19)24/h4-5,12-13,17H,3,6-11H2,1-2H3,(H,22,24). The summed E-state index contributed by atoms with van der Waals surface area (Å²) in [5.41, 5.74) is 0.862. The number of nitrogens with zero attached hydrogens (tertiary/aromatic N) is 1. The van der Waals surface area contributed by atoms with E-state index in [1.807, 2.05) is 0 Å². The SMILES string of the molecule is CCC(C)CCN1CCC2(CC1)C(=O)Nc1ccc(C(F)F)cc12. The number of amides is 1. The number of alkyl halides is 2. The Morgan fingerprint density at radius 3 is 2.62 bits per heavy atom. The average Bonchev–Trinajstić information content (AvgIpc) is 2.85. The van der Waals surface area contributed by atoms with Crippen LogP contribution in [0.2, 0.25) is 0 Å². The van der Waals surface area contributed by atoms with E-state index in [1.165, 1.54) is 25.0 Å². The third-order valence-electron chi connectivity index (χ3n) is 5.84. The highest BCUT2D eigenvalue weighted by Crippen LogP contribution is 2.46. The van der Waals surface area contributed by atoms with Gasteiger partial charge in [0.05, 0.1) is 5.41 Å². The lowest BCUT2D eigenvalue weighted by atomic mass is 9.73. The minimum atomic E-state index is -2.50. The van der Waals surface area contributed by atoms with Crippen LogP contribution in [0.5, 0.6) is 0 Å². The largest absolute Gasteiger partial charge is 0.325 e. The highest BCUT2D eigenvalue weighted by molar-refractivity contribution is 6.06. The molecular formula is C19H26F2N2O. The highest BCUT2D eigenvalue weighted by atomic mass is 19.3. The topological polar surface area (TPSA) is 32.3 Å². The van der Waals surface area contributed by atoms with Gasteiger partial charge in [0, 0.05) is 11.3 Å². The summed E-state index contributed by atoms with van der Waals surface area (Å²) in [5, 5.41) is 2.90. The molecule has 1 spiro atoms. The number of piperidine rings is 1. The molecule has 5 heteroatoms. The summed E-state index contributed by atoms with van der Waals surface area (Å²) in [6.07, 6.45) is 1.27. The number of likely N-dealkylation sites (tertiary alicyclic amines) is 1. The first-order valence-corrected chi connectivity index (χ1v) is 8.92. The molecule has 132 valence electrons. The first-order valence-electron chi connectivity index (χ1n) is 8.92. The summed E-state index contributed by atoms with van der Waals surface area (Å²) in [6, 6.07) is 4.57. The second-order valence-corrected chi connectivity index (χ2v) is 7.29. The maximum Gasteiger partial charge on any atom is 0.263 e. The lowest BCUT2D eigenvalue weighted by Gasteiger charge is -2.38. The van der Waals surface area contributed by atoms with Crippen molar-refractivity contribution in [2.75, 3.05) is 25.0 Å². The molecule has 3 nitrogen and oxygen atoms in total. The summed E-state index contributed by atoms with van der Waals surface area (Å²) in [5.74, 6) is 0.690. The van der Waals surface area contributed by atoms with Gasteiger partial charge in [-0.15, -0.1) is 0 Å². The molecular weight excluding hydrogens is 310 g/mol. The van der Waals surface area contributed by atoms with Crippen molar-refractivity contribution in [2.45, 2.75) is 51.4 Å². The van der Waals surface area contributed by atoms with Gasteiger partial charge in [-0.3, -0.25) is 4.79 Å². The Kier molecular flexibility index (Phi) is 4.90. The summed E-state index contributed by atoms with van der Waals surface area (Å²) < 4.78 is 26.1. The van der Waals surface area contributed by atoms with Crippen LogP contribution in [-0.4, -0.2) is 30.4 Å². The van der Waals surface area contributed by atoms with Crippen LogP contribution in [0.4, 0.5) is 14.5 Å². The first-order chi connectivity index (χ1) is 11.5. The molecule has 1 atom stereocenters. The van der Waals surface area contributed by atoms with Crippen LogP contribution in [0.3, 0.4) is 0 Å². The molecule has 1 amide bonds. The number of benzene rings is 1. The molecule has 2 heterocycles. The molecule has 0 bridgehead atoms. The fraction of sp³-hybridized carbons (Fsp3) is 0.632. The van der Waals surface area contributed by atoms with E-state index in [4.69, 9.17) is 0 Å². The average molecular weight is 336 g/mol. The van der Waals surface area contributed by atoms with Gasteiger partial charge < -0.3 is 10.2 Å². The van der Waals surface area contributed by atoms with Crippen molar-refractivity contribution in [3.05, 3.63) is 29.3 Å². The molecule has 24 heavy (non-hydrogen) atoms. The van der Waals surface area contributed by atoms with Gasteiger partial charge in [0.1, 0.15) is 0 Å². The van der Waals surface area contributed by atoms with Crippen molar-refractivity contribution >= 4 is 11.6 Å². The van der Waals surface area contributed by atoms with Gasteiger partial charge in [-0.1, -0.05) is 26.3 Å². The second-order valence-electron chi connectivity index (χ2n) is 7.29. The van der Waals surface area contributed by atoms with Gasteiger partial charge in [-0.25, -0.2) is 8.78 Å². The number of carbonyl (C=O) groups excluding carboxylic acids is 1. The zero-order chi connectivity index (χ0) is 17.3. The molecule has 0 aliphatic carbocycles. The van der Waals surface area contributed by atoms with E-state index in [-0.39, 0.29) is 11.5 Å². The number of halogens is 2. The lowest BCUT2D eigenvalue weighted by Crippen LogP contribution is -2.46. The van der Waals surface area contributed by atoms with Crippen molar-refractivity contribution in [3.63, 3.8) is 0 Å². The zero-order valence-corrected chi connectivity index (χ0v) is 14.4. The van der Waals surface area contributed by atoms with Gasteiger partial charge in [0.15, 0.2) is 0 Å². The van der Waals surface area contributed by atoms with E-state index < -0.39 is 11.8 Å². The van der Waals surface area contributed by atoms with Crippen molar-refractivity contribution in [3.8, 4) is 0 Å². The molecule has 1 fully saturated rings. The predicted molar refractivity (Wildman–Crippen MR) is 91.5 cm³/mol. The lowest BCUT2D eigenvalue weighted by molar-refractivity contribution is -0.122. The molecule has 1 unspecified atom stereocenters. The molecule has 0 saturated carbocycles. The minimum absolute atomic E-state index is 0.00354. The van der Waals surface area contributed by atoms with E-state index in [0.29, 0.717) is 24.4 Å². The van der Waals surface area contributed by atoms with Crippen molar-refractivity contribution in [1.82, 2.24) is 4.90 Å². The smallest absolute Gasteiger partial charge is 0.263 e. The molecule has 1 saturated heterocycles. The number of hydrogen-bond acceptors (Lipinski definition) is 2. The van der Waals surface area contributed by atoms with Gasteiger partial charge in [0.25, 0.3) is 6.43 Å². The third kappa shape index (κ3) is 3.06. The summed E-state index contributed by atoms with van der Waals surface area (Å²) in [7, 11) is 0. The van der Waals surface area contributed by atoms with Crippen LogP contribution >= 0.6 is 0 Å². The molecule has 0 radical (unpaired) electrons. The Bertz CT molecular complexity index is 609. The Morgan fingerprint density at radius 2 is 2.00 bits per heavy atom. The van der Waals surface area contributed by atoms with E-state index in [1.54, 1.807) is 6.07 Å². The van der Waals surface area contributed by atoms with E-state index >= 15 is 0 Å². The normalized spacial score (nSPS) is 21.1. The third-order valence-corrected chi connectivity index (χ3v) is 5.84. The monoisotopic (exact) mass is 336 g/mol. The van der Waals surface area contributed by atoms with Gasteiger partial charge in [-0.05, 0) is 62.5 Å². The molecule has 0 aromatic heterocycles. The highest BCUT2D eigenvalue weighted by Gasteiger charge is 2.48. The van der Waals surface area contributed by atoms with Crippen LogP contribution in [0.1, 0.15) is 57.1 Å². The Labute approximate surface area is 142 Å². The molecule has 1 N–H and O–H groups in total. The van der Waals surface area contributed by atoms with Gasteiger partial charge in [0.2, 0.25) is 5.91 Å². The Morgan fingerprint density at radius 1 is 1.29 bits per heavy atom. The first kappa shape index (κ1) is 17.3. The van der Waals surface area contributed by atoms with E-state index in [9.17, 15) is 13.6 Å². The fourth-order valence-electron chi connectivity index (χ4n) is 3.83. The maximum absolute atomic E-state index is 13.0. The van der Waals surface area contributed by atoms with Gasteiger partial charge >= 0.3 is 0 Å². The molecule has 2 aliphatic rings. The second kappa shape index (κ2) is 6.79. The number of rotatable bonds is 5. The van der Waals surface area contributed by atoms with Crippen LogP contribution in [-0.2, 0) is 10.2 Å². The maximum atomic E-state index is 13.0. The van der Waals surface area contributed by atoms with Gasteiger partial charge in [-0.2, -0.15) is 0 Å². The molecule has 1 aromatic carbocycles. The number of nitrogens with one attached hydrogen (secondary N) is 1. The Hall–Kier alpha value is -1.49. The quantitative estimate of drug-likeness (QED) is 0.867. The van der Waals surface area contributed by atoms with Crippen LogP contribution in [0.25, 0.3) is 0 Å². The van der Waals surface area contributed by atoms with Crippen molar-refractivity contribution < 1.29 is 13.6 Å². The molecule has 3 rings (SSSR count). The van der Waals surface area contributed by atoms with Crippen molar-refractivity contribution in [1.29, 1.82) is 0 Å². The number of hydrogen-bond donors (Lipinski definition) is 1. The van der Waals surface area contributed by atoms with Crippen LogP contribution < -0.4 is 5.32 Å². The molecule has 2 aliphatic heterocycles. The van der Waals surface area contributed by atoms with Crippen LogP contribution in [0.15, 0.2) is 18.2 Å². The fourth-order valence-corrected chi connectivity index (χ4v) is 3.83. The van der Waals surface area contributed by atoms with Crippen molar-refractivity contribution in [2.24, 2.45) is 5.92 Å². The predicted octanol–water partition coefficient (Wildman–Crippen LogP) is 4.35. The summed E-state index contributed by atoms with van der Waals surface area (Å²) in [4.78, 5) is 15.0. The number of anilines is 1. The molecule has 1 aromatic rings.